The van der Waals surface area contributed by atoms with Crippen LogP contribution in [0.25, 0.3) is 0 Å². The molecule has 3 rings (SSSR count). The van der Waals surface area contributed by atoms with Crippen LogP contribution < -0.4 is 5.32 Å². The van der Waals surface area contributed by atoms with Crippen LogP contribution in [0.3, 0.4) is 0 Å². The number of rotatable bonds is 4. The van der Waals surface area contributed by atoms with Gasteiger partial charge in [0.2, 0.25) is 0 Å². The van der Waals surface area contributed by atoms with Crippen LogP contribution in [-0.4, -0.2) is 19.2 Å². The zero-order chi connectivity index (χ0) is 13.8. The van der Waals surface area contributed by atoms with Crippen molar-refractivity contribution in [1.29, 1.82) is 0 Å². The van der Waals surface area contributed by atoms with Gasteiger partial charge in [0.15, 0.2) is 0 Å². The highest BCUT2D eigenvalue weighted by molar-refractivity contribution is 5.31. The summed E-state index contributed by atoms with van der Waals surface area (Å²) >= 11 is 0. The highest BCUT2D eigenvalue weighted by Gasteiger charge is 2.23. The Morgan fingerprint density at radius 1 is 1.20 bits per heavy atom. The van der Waals surface area contributed by atoms with Gasteiger partial charge in [-0.15, -0.1) is 0 Å². The molecule has 0 aromatic heterocycles. The SMILES string of the molecule is CC(NCC1OCCc2ccccc21)C1CCCCC1. The number of ether oxygens (including phenoxy) is 1. The molecule has 1 aliphatic carbocycles. The van der Waals surface area contributed by atoms with Crippen molar-refractivity contribution in [1.82, 2.24) is 5.32 Å². The molecule has 2 nitrogen and oxygen atoms in total. The summed E-state index contributed by atoms with van der Waals surface area (Å²) in [4.78, 5) is 0. The fourth-order valence-electron chi connectivity index (χ4n) is 3.74. The van der Waals surface area contributed by atoms with Gasteiger partial charge in [-0.25, -0.2) is 0 Å². The second-order valence-electron chi connectivity index (χ2n) is 6.40. The Morgan fingerprint density at radius 3 is 2.85 bits per heavy atom. The van der Waals surface area contributed by atoms with Gasteiger partial charge in [-0.1, -0.05) is 43.5 Å². The Kier molecular flexibility index (Phi) is 4.74. The van der Waals surface area contributed by atoms with E-state index in [9.17, 15) is 0 Å². The van der Waals surface area contributed by atoms with Crippen LogP contribution in [0.1, 0.15) is 56.3 Å². The maximum Gasteiger partial charge on any atom is 0.0952 e. The quantitative estimate of drug-likeness (QED) is 0.899. The molecule has 1 aliphatic heterocycles. The molecule has 110 valence electrons. The third-order valence-electron chi connectivity index (χ3n) is 5.07. The van der Waals surface area contributed by atoms with Crippen molar-refractivity contribution < 1.29 is 4.74 Å². The standard InChI is InChI=1S/C18H27NO/c1-14(15-7-3-2-4-8-15)19-13-18-17-10-6-5-9-16(17)11-12-20-18/h5-6,9-10,14-15,18-19H,2-4,7-8,11-13H2,1H3. The van der Waals surface area contributed by atoms with Gasteiger partial charge >= 0.3 is 0 Å². The van der Waals surface area contributed by atoms with Gasteiger partial charge in [-0.3, -0.25) is 0 Å². The summed E-state index contributed by atoms with van der Waals surface area (Å²) in [5, 5.41) is 3.74. The molecular formula is C18H27NO. The first-order chi connectivity index (χ1) is 9.84. The summed E-state index contributed by atoms with van der Waals surface area (Å²) in [5.41, 5.74) is 2.86. The van der Waals surface area contributed by atoms with Gasteiger partial charge in [0, 0.05) is 12.6 Å². The van der Waals surface area contributed by atoms with E-state index in [0.29, 0.717) is 6.04 Å². The van der Waals surface area contributed by atoms with Crippen molar-refractivity contribution in [3.63, 3.8) is 0 Å². The van der Waals surface area contributed by atoms with Crippen LogP contribution >= 0.6 is 0 Å². The van der Waals surface area contributed by atoms with Crippen LogP contribution in [0.2, 0.25) is 0 Å². The van der Waals surface area contributed by atoms with Gasteiger partial charge in [-0.2, -0.15) is 0 Å². The molecular weight excluding hydrogens is 246 g/mol. The lowest BCUT2D eigenvalue weighted by molar-refractivity contribution is 0.0390. The van der Waals surface area contributed by atoms with Crippen LogP contribution in [0.5, 0.6) is 0 Å². The highest BCUT2D eigenvalue weighted by atomic mass is 16.5. The second kappa shape index (κ2) is 6.73. The lowest BCUT2D eigenvalue weighted by Crippen LogP contribution is -2.38. The maximum absolute atomic E-state index is 5.98. The van der Waals surface area contributed by atoms with Gasteiger partial charge in [-0.05, 0) is 43.2 Å². The van der Waals surface area contributed by atoms with E-state index in [1.165, 1.54) is 43.2 Å². The average Bonchev–Trinajstić information content (AvgIpc) is 2.53. The normalized spacial score (nSPS) is 25.1. The Morgan fingerprint density at radius 2 is 2.00 bits per heavy atom. The molecule has 0 spiro atoms. The van der Waals surface area contributed by atoms with Gasteiger partial charge in [0.1, 0.15) is 0 Å². The Labute approximate surface area is 122 Å². The van der Waals surface area contributed by atoms with Crippen molar-refractivity contribution >= 4 is 0 Å². The predicted molar refractivity (Wildman–Crippen MR) is 82.9 cm³/mol. The Hall–Kier alpha value is -0.860. The van der Waals surface area contributed by atoms with Gasteiger partial charge in [0.05, 0.1) is 12.7 Å². The van der Waals surface area contributed by atoms with Crippen molar-refractivity contribution in [2.75, 3.05) is 13.2 Å². The third kappa shape index (κ3) is 3.24. The monoisotopic (exact) mass is 273 g/mol. The first kappa shape index (κ1) is 14.1. The van der Waals surface area contributed by atoms with Crippen molar-refractivity contribution in [3.05, 3.63) is 35.4 Å². The molecule has 0 bridgehead atoms. The minimum atomic E-state index is 0.242. The molecule has 1 fully saturated rings. The molecule has 1 N–H and O–H groups in total. The van der Waals surface area contributed by atoms with E-state index in [-0.39, 0.29) is 6.10 Å². The predicted octanol–water partition coefficient (Wildman–Crippen LogP) is 3.86. The number of hydrogen-bond donors (Lipinski definition) is 1. The highest BCUT2D eigenvalue weighted by Crippen LogP contribution is 2.28. The van der Waals surface area contributed by atoms with Crippen molar-refractivity contribution in [2.24, 2.45) is 5.92 Å². The van der Waals surface area contributed by atoms with Gasteiger partial charge in [0.25, 0.3) is 0 Å². The summed E-state index contributed by atoms with van der Waals surface area (Å²) in [6.07, 6.45) is 8.37. The molecule has 2 heteroatoms. The molecule has 20 heavy (non-hydrogen) atoms. The van der Waals surface area contributed by atoms with Crippen LogP contribution in [0, 0.1) is 5.92 Å². The third-order valence-corrected chi connectivity index (χ3v) is 5.07. The minimum Gasteiger partial charge on any atom is -0.372 e. The van der Waals surface area contributed by atoms with E-state index >= 15 is 0 Å². The molecule has 0 amide bonds. The zero-order valence-corrected chi connectivity index (χ0v) is 12.6. The maximum atomic E-state index is 5.98. The summed E-state index contributed by atoms with van der Waals surface area (Å²) in [5.74, 6) is 0.864. The molecule has 1 aromatic rings. The fraction of sp³-hybridized carbons (Fsp3) is 0.667. The van der Waals surface area contributed by atoms with Crippen molar-refractivity contribution in [2.45, 2.75) is 57.6 Å². The largest absolute Gasteiger partial charge is 0.372 e. The zero-order valence-electron chi connectivity index (χ0n) is 12.6. The van der Waals surface area contributed by atoms with Crippen LogP contribution in [0.15, 0.2) is 24.3 Å². The second-order valence-corrected chi connectivity index (χ2v) is 6.40. The van der Waals surface area contributed by atoms with Crippen LogP contribution in [-0.2, 0) is 11.2 Å². The van der Waals surface area contributed by atoms with E-state index in [0.717, 1.165) is 25.5 Å². The first-order valence-electron chi connectivity index (χ1n) is 8.27. The van der Waals surface area contributed by atoms with Crippen LogP contribution in [0.4, 0.5) is 0 Å². The number of benzene rings is 1. The van der Waals surface area contributed by atoms with Gasteiger partial charge < -0.3 is 10.1 Å². The van der Waals surface area contributed by atoms with Crippen molar-refractivity contribution in [3.8, 4) is 0 Å². The van der Waals surface area contributed by atoms with E-state index in [4.69, 9.17) is 4.74 Å². The Bertz CT molecular complexity index is 425. The lowest BCUT2D eigenvalue weighted by atomic mass is 9.84. The summed E-state index contributed by atoms with van der Waals surface area (Å²) < 4.78 is 5.98. The Balaban J connectivity index is 1.56. The van der Waals surface area contributed by atoms with E-state index in [1.54, 1.807) is 0 Å². The topological polar surface area (TPSA) is 21.3 Å². The summed E-state index contributed by atoms with van der Waals surface area (Å²) in [6, 6.07) is 9.36. The summed E-state index contributed by atoms with van der Waals surface area (Å²) in [7, 11) is 0. The average molecular weight is 273 g/mol. The van der Waals surface area contributed by atoms with E-state index in [2.05, 4.69) is 36.5 Å². The molecule has 2 aliphatic rings. The molecule has 2 unspecified atom stereocenters. The molecule has 0 saturated heterocycles. The number of fused-ring (bicyclic) bond motifs is 1. The molecule has 0 radical (unpaired) electrons. The summed E-state index contributed by atoms with van der Waals surface area (Å²) in [6.45, 7) is 4.17. The molecule has 2 atom stereocenters. The fourth-order valence-corrected chi connectivity index (χ4v) is 3.74. The van der Waals surface area contributed by atoms with E-state index < -0.39 is 0 Å². The molecule has 1 saturated carbocycles. The number of hydrogen-bond acceptors (Lipinski definition) is 2. The lowest BCUT2D eigenvalue weighted by Gasteiger charge is -2.31. The smallest absolute Gasteiger partial charge is 0.0952 e. The number of nitrogens with one attached hydrogen (secondary N) is 1. The molecule has 1 heterocycles. The molecule has 1 aromatic carbocycles. The van der Waals surface area contributed by atoms with E-state index in [1.807, 2.05) is 0 Å². The first-order valence-corrected chi connectivity index (χ1v) is 8.27. The minimum absolute atomic E-state index is 0.242.